The summed E-state index contributed by atoms with van der Waals surface area (Å²) in [4.78, 5) is 20.4. The van der Waals surface area contributed by atoms with E-state index in [2.05, 4.69) is 0 Å². The van der Waals surface area contributed by atoms with Crippen LogP contribution in [0.25, 0.3) is 0 Å². The Morgan fingerprint density at radius 3 is 2.53 bits per heavy atom. The van der Waals surface area contributed by atoms with E-state index in [0.29, 0.717) is 0 Å². The van der Waals surface area contributed by atoms with Gasteiger partial charge in [-0.2, -0.15) is 0 Å². The smallest absolute Gasteiger partial charge is 0.336 e. The van der Waals surface area contributed by atoms with E-state index in [9.17, 15) is 23.7 Å². The van der Waals surface area contributed by atoms with Crippen molar-refractivity contribution in [2.45, 2.75) is 0 Å². The number of nitrogens with one attached hydrogen (secondary N) is 1. The highest BCUT2D eigenvalue weighted by molar-refractivity contribution is 7.80. The van der Waals surface area contributed by atoms with Crippen molar-refractivity contribution < 1.29 is 23.6 Å². The molecule has 1 atom stereocenters. The molecule has 10 heteroatoms. The molecule has 1 aromatic rings. The Kier molecular flexibility index (Phi) is 3.60. The number of carboxylic acid groups (broad SMARTS) is 1. The number of nitro benzene ring substituents is 1. The van der Waals surface area contributed by atoms with Crippen LogP contribution < -0.4 is 10.5 Å². The average molecular weight is 260 g/mol. The molecule has 1 rings (SSSR count). The number of nitrogens with zero attached hydrogens (tertiary/aromatic N) is 1. The lowest BCUT2D eigenvalue weighted by Crippen LogP contribution is -2.09. The van der Waals surface area contributed by atoms with Gasteiger partial charge in [-0.1, -0.05) is 0 Å². The number of hydrogen-bond acceptors (Lipinski definition) is 6. The first kappa shape index (κ1) is 12.9. The third-order valence-electron chi connectivity index (χ3n) is 1.80. The van der Waals surface area contributed by atoms with Crippen LogP contribution in [-0.4, -0.2) is 24.8 Å². The molecule has 17 heavy (non-hydrogen) atoms. The zero-order chi connectivity index (χ0) is 13.2. The predicted molar refractivity (Wildman–Crippen MR) is 57.0 cm³/mol. The zero-order valence-electron chi connectivity index (χ0n) is 8.08. The second-order valence-corrected chi connectivity index (χ2v) is 3.53. The Hall–Kier alpha value is -2.20. The number of nitrogen functional groups attached to an aromatic ring is 1. The largest absolute Gasteiger partial charge is 0.755 e. The van der Waals surface area contributed by atoms with Crippen LogP contribution in [0.5, 0.6) is 0 Å². The maximum absolute atomic E-state index is 10.7. The summed E-state index contributed by atoms with van der Waals surface area (Å²) in [5.41, 5.74) is 3.39. The van der Waals surface area contributed by atoms with Crippen LogP contribution in [0.3, 0.4) is 0 Å². The first-order valence-electron chi connectivity index (χ1n) is 4.00. The van der Waals surface area contributed by atoms with Crippen LogP contribution in [0.15, 0.2) is 12.1 Å². The highest BCUT2D eigenvalue weighted by atomic mass is 32.2. The molecule has 0 aliphatic carbocycles. The first-order chi connectivity index (χ1) is 7.82. The van der Waals surface area contributed by atoms with Gasteiger partial charge in [0.1, 0.15) is 5.69 Å². The minimum Gasteiger partial charge on any atom is -0.755 e. The topological polar surface area (TPSA) is 159 Å². The molecular weight excluding hydrogens is 254 g/mol. The van der Waals surface area contributed by atoms with Crippen LogP contribution in [0.2, 0.25) is 0 Å². The monoisotopic (exact) mass is 260 g/mol. The third kappa shape index (κ3) is 2.89. The molecule has 0 fully saturated rings. The molecule has 0 spiro atoms. The molecule has 0 heterocycles. The molecule has 0 radical (unpaired) electrons. The molecule has 9 nitrogen and oxygen atoms in total. The van der Waals surface area contributed by atoms with Crippen LogP contribution in [0.4, 0.5) is 17.1 Å². The number of carboxylic acids is 1. The summed E-state index contributed by atoms with van der Waals surface area (Å²) in [6.07, 6.45) is 0. The second-order valence-electron chi connectivity index (χ2n) is 2.86. The molecule has 4 N–H and O–H groups in total. The Morgan fingerprint density at radius 2 is 2.12 bits per heavy atom. The first-order valence-corrected chi connectivity index (χ1v) is 5.07. The Labute approximate surface area is 96.8 Å². The average Bonchev–Trinajstić information content (AvgIpc) is 2.19. The van der Waals surface area contributed by atoms with Crippen molar-refractivity contribution in [2.75, 3.05) is 10.5 Å². The summed E-state index contributed by atoms with van der Waals surface area (Å²) in [6.45, 7) is 0. The molecule has 0 aliphatic heterocycles. The van der Waals surface area contributed by atoms with Gasteiger partial charge in [-0.25, -0.2) is 4.79 Å². The van der Waals surface area contributed by atoms with Crippen molar-refractivity contribution in [2.24, 2.45) is 0 Å². The molecule has 92 valence electrons. The predicted octanol–water partition coefficient (Wildman–Crippen LogP) is 0.0812. The van der Waals surface area contributed by atoms with E-state index in [4.69, 9.17) is 10.8 Å². The molecule has 1 aromatic carbocycles. The molecular formula is C7H6N3O6S-. The van der Waals surface area contributed by atoms with Gasteiger partial charge in [0.25, 0.3) is 5.69 Å². The lowest BCUT2D eigenvalue weighted by atomic mass is 10.1. The Morgan fingerprint density at radius 1 is 1.53 bits per heavy atom. The van der Waals surface area contributed by atoms with Gasteiger partial charge in [0.05, 0.1) is 16.2 Å². The standard InChI is InChI=1S/C7H7N3O6S/c8-6-4(9-17(15)16)1-3(7(11)12)2-5(6)10(13)14/h1-2,9H,8H2,(H,11,12)(H,15,16)/p-1. The highest BCUT2D eigenvalue weighted by Crippen LogP contribution is 2.31. The highest BCUT2D eigenvalue weighted by Gasteiger charge is 2.19. The quantitative estimate of drug-likeness (QED) is 0.299. The Bertz CT molecular complexity index is 517. The maximum Gasteiger partial charge on any atom is 0.336 e. The van der Waals surface area contributed by atoms with Crippen LogP contribution >= 0.6 is 0 Å². The fourth-order valence-corrected chi connectivity index (χ4v) is 1.44. The number of benzene rings is 1. The molecule has 0 bridgehead atoms. The molecule has 0 saturated heterocycles. The minimum atomic E-state index is -2.77. The van der Waals surface area contributed by atoms with E-state index in [1.807, 2.05) is 0 Å². The third-order valence-corrected chi connectivity index (χ3v) is 2.18. The van der Waals surface area contributed by atoms with E-state index >= 15 is 0 Å². The van der Waals surface area contributed by atoms with Crippen molar-refractivity contribution in [3.63, 3.8) is 0 Å². The van der Waals surface area contributed by atoms with Gasteiger partial charge in [0.15, 0.2) is 0 Å². The molecule has 0 aliphatic rings. The number of rotatable bonds is 4. The molecule has 1 unspecified atom stereocenters. The van der Waals surface area contributed by atoms with Gasteiger partial charge in [-0.05, 0) is 6.07 Å². The summed E-state index contributed by atoms with van der Waals surface area (Å²) in [5.74, 6) is -1.44. The van der Waals surface area contributed by atoms with Crippen molar-refractivity contribution in [1.29, 1.82) is 0 Å². The fraction of sp³-hybridized carbons (Fsp3) is 0. The normalized spacial score (nSPS) is 11.8. The maximum atomic E-state index is 10.7. The van der Waals surface area contributed by atoms with Gasteiger partial charge < -0.3 is 20.1 Å². The SMILES string of the molecule is Nc1c(NS(=O)[O-])cc(C(=O)O)cc1[N+](=O)[O-]. The van der Waals surface area contributed by atoms with Gasteiger partial charge >= 0.3 is 5.97 Å². The van der Waals surface area contributed by atoms with Crippen LogP contribution in [0.1, 0.15) is 10.4 Å². The summed E-state index contributed by atoms with van der Waals surface area (Å²) < 4.78 is 22.6. The number of nitro groups is 1. The molecule has 0 aromatic heterocycles. The summed E-state index contributed by atoms with van der Waals surface area (Å²) in [5, 5.41) is 19.3. The van der Waals surface area contributed by atoms with E-state index in [-0.39, 0.29) is 5.69 Å². The van der Waals surface area contributed by atoms with Gasteiger partial charge in [0.2, 0.25) is 0 Å². The van der Waals surface area contributed by atoms with E-state index in [1.54, 1.807) is 4.72 Å². The van der Waals surface area contributed by atoms with Crippen molar-refractivity contribution in [3.05, 3.63) is 27.8 Å². The lowest BCUT2D eigenvalue weighted by molar-refractivity contribution is -0.383. The van der Waals surface area contributed by atoms with E-state index in [1.165, 1.54) is 0 Å². The minimum absolute atomic E-state index is 0.357. The summed E-state index contributed by atoms with van der Waals surface area (Å²) in [7, 11) is 0. The number of nitrogens with two attached hydrogens (primary N) is 1. The van der Waals surface area contributed by atoms with E-state index < -0.39 is 39.1 Å². The van der Waals surface area contributed by atoms with Crippen LogP contribution in [0, 0.1) is 10.1 Å². The van der Waals surface area contributed by atoms with Crippen molar-refractivity contribution >= 4 is 34.3 Å². The summed E-state index contributed by atoms with van der Waals surface area (Å²) in [6, 6.07) is 1.64. The molecule has 0 amide bonds. The van der Waals surface area contributed by atoms with Crippen molar-refractivity contribution in [3.8, 4) is 0 Å². The van der Waals surface area contributed by atoms with Gasteiger partial charge in [-0.15, -0.1) is 0 Å². The molecule has 0 saturated carbocycles. The fourth-order valence-electron chi connectivity index (χ4n) is 1.09. The van der Waals surface area contributed by atoms with Crippen molar-refractivity contribution in [1.82, 2.24) is 0 Å². The second kappa shape index (κ2) is 4.76. The summed E-state index contributed by atoms with van der Waals surface area (Å²) >= 11 is -2.77. The number of carbonyl (C=O) groups is 1. The van der Waals surface area contributed by atoms with Crippen LogP contribution in [-0.2, 0) is 11.3 Å². The lowest BCUT2D eigenvalue weighted by Gasteiger charge is -2.11. The number of hydrogen-bond donors (Lipinski definition) is 3. The zero-order valence-corrected chi connectivity index (χ0v) is 8.89. The van der Waals surface area contributed by atoms with E-state index in [0.717, 1.165) is 12.1 Å². The number of anilines is 2. The van der Waals surface area contributed by atoms with Gasteiger partial charge in [0, 0.05) is 17.3 Å². The van der Waals surface area contributed by atoms with Gasteiger partial charge in [-0.3, -0.25) is 14.3 Å². The Balaban J connectivity index is 3.42. The number of aromatic carboxylic acids is 1.